The fourth-order valence-corrected chi connectivity index (χ4v) is 7.32. The smallest absolute Gasteiger partial charge is 0.247 e. The van der Waals surface area contributed by atoms with Gasteiger partial charge in [0.25, 0.3) is 0 Å². The Labute approximate surface area is 272 Å². The van der Waals surface area contributed by atoms with E-state index in [0.717, 1.165) is 54.5 Å². The van der Waals surface area contributed by atoms with Crippen LogP contribution < -0.4 is 14.9 Å². The molecule has 16 heteroatoms. The van der Waals surface area contributed by atoms with Crippen LogP contribution in [0.1, 0.15) is 24.5 Å². The van der Waals surface area contributed by atoms with Crippen molar-refractivity contribution in [1.82, 2.24) is 24.7 Å². The van der Waals surface area contributed by atoms with Gasteiger partial charge in [-0.2, -0.15) is 0 Å². The van der Waals surface area contributed by atoms with Crippen molar-refractivity contribution in [2.45, 2.75) is 36.6 Å². The van der Waals surface area contributed by atoms with Crippen LogP contribution in [0, 0.1) is 11.6 Å². The van der Waals surface area contributed by atoms with Gasteiger partial charge in [0, 0.05) is 19.3 Å². The van der Waals surface area contributed by atoms with Gasteiger partial charge in [0.05, 0.1) is 47.4 Å². The first-order valence-corrected chi connectivity index (χ1v) is 16.8. The normalized spacial score (nSPS) is 18.7. The number of hydrogen-bond acceptors (Lipinski definition) is 10. The number of morpholine rings is 1. The number of hydrogen-bond donors (Lipinski definition) is 2. The molecule has 1 fully saturated rings. The summed E-state index contributed by atoms with van der Waals surface area (Å²) in [6.07, 6.45) is 4.99. The number of allylic oxidation sites excluding steroid dienone is 2. The number of nitrogens with zero attached hydrogens (tertiary/aromatic N) is 5. The van der Waals surface area contributed by atoms with Gasteiger partial charge in [-0.05, 0) is 55.8 Å². The third-order valence-corrected chi connectivity index (χ3v) is 10.2. The van der Waals surface area contributed by atoms with E-state index in [9.17, 15) is 17.2 Å². The second-order valence-corrected chi connectivity index (χ2v) is 13.8. The maximum atomic E-state index is 15.2. The van der Waals surface area contributed by atoms with Crippen LogP contribution >= 0.6 is 11.3 Å². The lowest BCUT2D eigenvalue weighted by atomic mass is 9.98. The highest BCUT2D eigenvalue weighted by atomic mass is 32.2. The largest absolute Gasteiger partial charge is 0.378 e. The van der Waals surface area contributed by atoms with Crippen LogP contribution in [0.3, 0.4) is 0 Å². The molecule has 6 rings (SSSR count). The van der Waals surface area contributed by atoms with Crippen molar-refractivity contribution in [3.63, 3.8) is 0 Å². The van der Waals surface area contributed by atoms with Gasteiger partial charge in [-0.3, -0.25) is 0 Å². The minimum atomic E-state index is -4.82. The van der Waals surface area contributed by atoms with Crippen LogP contribution in [0.4, 0.5) is 35.0 Å². The van der Waals surface area contributed by atoms with E-state index >= 15 is 8.78 Å². The van der Waals surface area contributed by atoms with E-state index in [1.54, 1.807) is 12.3 Å². The van der Waals surface area contributed by atoms with Crippen molar-refractivity contribution in [3.05, 3.63) is 89.4 Å². The lowest BCUT2D eigenvalue weighted by molar-refractivity contribution is 0.122. The minimum Gasteiger partial charge on any atom is -0.378 e. The van der Waals surface area contributed by atoms with Crippen molar-refractivity contribution >= 4 is 44.4 Å². The Hall–Kier alpha value is -4.25. The lowest BCUT2D eigenvalue weighted by Gasteiger charge is -2.27. The number of anilines is 3. The molecule has 2 atom stereocenters. The lowest BCUT2D eigenvalue weighted by Crippen LogP contribution is -2.41. The Bertz CT molecular complexity index is 1920. The van der Waals surface area contributed by atoms with Gasteiger partial charge in [0.1, 0.15) is 28.6 Å². The molecule has 246 valence electrons. The molecule has 0 radical (unpaired) electrons. The molecule has 10 nitrogen and oxygen atoms in total. The summed E-state index contributed by atoms with van der Waals surface area (Å²) in [6.45, 7) is 5.43. The topological polar surface area (TPSA) is 122 Å². The highest BCUT2D eigenvalue weighted by Crippen LogP contribution is 2.40. The van der Waals surface area contributed by atoms with E-state index in [2.05, 4.69) is 30.2 Å². The first-order valence-electron chi connectivity index (χ1n) is 14.5. The summed E-state index contributed by atoms with van der Waals surface area (Å²) in [6, 6.07) is 6.36. The molecule has 2 aliphatic rings. The van der Waals surface area contributed by atoms with Crippen LogP contribution in [0.15, 0.2) is 71.9 Å². The number of benzene rings is 1. The number of aromatic nitrogens is 4. The monoisotopic (exact) mass is 687 g/mol. The van der Waals surface area contributed by atoms with Crippen molar-refractivity contribution in [2.75, 3.05) is 36.5 Å². The van der Waals surface area contributed by atoms with Crippen molar-refractivity contribution < 1.29 is 30.7 Å². The summed E-state index contributed by atoms with van der Waals surface area (Å²) >= 11 is 1.02. The predicted molar refractivity (Wildman–Crippen MR) is 170 cm³/mol. The zero-order valence-electron chi connectivity index (χ0n) is 25.1. The summed E-state index contributed by atoms with van der Waals surface area (Å²) in [7, 11) is -4.82. The maximum absolute atomic E-state index is 15.2. The Balaban J connectivity index is 1.30. The first kappa shape index (κ1) is 32.7. The second kappa shape index (κ2) is 13.1. The molecule has 0 amide bonds. The number of alkyl halides is 2. The van der Waals surface area contributed by atoms with E-state index in [0.29, 0.717) is 29.5 Å². The van der Waals surface area contributed by atoms with Crippen LogP contribution in [-0.4, -0.2) is 66.9 Å². The summed E-state index contributed by atoms with van der Waals surface area (Å²) < 4.78 is 92.1. The second-order valence-electron chi connectivity index (χ2n) is 11.2. The van der Waals surface area contributed by atoms with E-state index in [1.165, 1.54) is 32.2 Å². The molecule has 0 spiro atoms. The maximum Gasteiger partial charge on any atom is 0.247 e. The number of pyridine rings is 1. The fourth-order valence-electron chi connectivity index (χ4n) is 4.95. The molecule has 4 heterocycles. The molecular weight excluding hydrogens is 659 g/mol. The van der Waals surface area contributed by atoms with Gasteiger partial charge < -0.3 is 15.0 Å². The quantitative estimate of drug-likeness (QED) is 0.214. The average molecular weight is 688 g/mol. The number of halogens is 4. The molecular formula is C31H29F4N7O3S2. The number of thiazole rings is 1. The summed E-state index contributed by atoms with van der Waals surface area (Å²) in [4.78, 5) is 19.2. The average Bonchev–Trinajstić information content (AvgIpc) is 3.50. The Kier molecular flexibility index (Phi) is 9.11. The molecule has 3 aromatic heterocycles. The first-order chi connectivity index (χ1) is 22.4. The number of ether oxygens (including phenoxy) is 1. The van der Waals surface area contributed by atoms with Gasteiger partial charge in [-0.15, -0.1) is 11.3 Å². The molecule has 2 N–H and O–H groups in total. The van der Waals surface area contributed by atoms with Crippen molar-refractivity contribution in [2.24, 2.45) is 0 Å². The molecule has 1 aliphatic heterocycles. The van der Waals surface area contributed by atoms with Gasteiger partial charge in [0.2, 0.25) is 16.0 Å². The summed E-state index contributed by atoms with van der Waals surface area (Å²) in [5.41, 5.74) is -0.405. The highest BCUT2D eigenvalue weighted by Gasteiger charge is 2.33. The summed E-state index contributed by atoms with van der Waals surface area (Å²) in [5.74, 6) is -1.61. The molecule has 0 bridgehead atoms. The van der Waals surface area contributed by atoms with E-state index < -0.39 is 44.4 Å². The van der Waals surface area contributed by atoms with Crippen molar-refractivity contribution in [1.29, 1.82) is 0 Å². The van der Waals surface area contributed by atoms with Gasteiger partial charge >= 0.3 is 0 Å². The van der Waals surface area contributed by atoms with Crippen LogP contribution in [-0.2, 0) is 20.4 Å². The zero-order chi connectivity index (χ0) is 33.3. The van der Waals surface area contributed by atoms with Crippen molar-refractivity contribution in [3.8, 4) is 10.6 Å². The molecule has 2 unspecified atom stereocenters. The van der Waals surface area contributed by atoms with E-state index in [1.807, 2.05) is 16.9 Å². The number of sulfonamides is 1. The zero-order valence-corrected chi connectivity index (χ0v) is 26.8. The summed E-state index contributed by atoms with van der Waals surface area (Å²) in [5, 5.41) is 3.21. The minimum absolute atomic E-state index is 0.0979. The molecule has 4 aromatic rings. The molecule has 1 aliphatic carbocycles. The number of rotatable bonds is 9. The Morgan fingerprint density at radius 1 is 1.04 bits per heavy atom. The van der Waals surface area contributed by atoms with Gasteiger partial charge in [-0.25, -0.2) is 50.6 Å². The Morgan fingerprint density at radius 3 is 2.47 bits per heavy atom. The highest BCUT2D eigenvalue weighted by molar-refractivity contribution is 7.89. The van der Waals surface area contributed by atoms with Crippen LogP contribution in [0.5, 0.6) is 0 Å². The fraction of sp³-hybridized carbons (Fsp3) is 0.290. The third kappa shape index (κ3) is 7.20. The Morgan fingerprint density at radius 2 is 1.79 bits per heavy atom. The molecule has 0 saturated carbocycles. The van der Waals surface area contributed by atoms with Crippen LogP contribution in [0.2, 0.25) is 0 Å². The standard InChI is InChI=1S/C31H29F4N7O3S2/c1-31(2,35)29-40-26(18-6-8-20(32)24(16-18)41-47(43,44)28-21(33)4-3-5-22(28)34)27(46-29)23-10-11-36-30(39-23)38-19-7-9-25(37-17-19)42-12-14-45-15-13-42/h3-11,16-17,20,24,41H,12-15H2,1-2H3,(H,36,38,39). The number of nitrogens with one attached hydrogen (secondary N) is 2. The third-order valence-electron chi connectivity index (χ3n) is 7.28. The van der Waals surface area contributed by atoms with Gasteiger partial charge in [0.15, 0.2) is 10.6 Å². The van der Waals surface area contributed by atoms with E-state index in [-0.39, 0.29) is 22.2 Å². The van der Waals surface area contributed by atoms with E-state index in [4.69, 9.17) is 4.74 Å². The molecule has 1 aromatic carbocycles. The molecule has 1 saturated heterocycles. The predicted octanol–water partition coefficient (Wildman–Crippen LogP) is 5.70. The van der Waals surface area contributed by atoms with Gasteiger partial charge in [-0.1, -0.05) is 18.2 Å². The molecule has 47 heavy (non-hydrogen) atoms. The SMILES string of the molecule is CC(C)(F)c1nc(C2=CC(NS(=O)(=O)c3c(F)cccc3F)C(F)C=C2)c(-c2ccnc(Nc3ccc(N4CCOCC4)nc3)n2)s1. The van der Waals surface area contributed by atoms with Crippen LogP contribution in [0.25, 0.3) is 16.1 Å².